The molecule has 0 saturated carbocycles. The number of carbonyl (C=O) groups excluding carboxylic acids is 1. The molecule has 0 saturated heterocycles. The fourth-order valence-electron chi connectivity index (χ4n) is 2.25. The molecule has 0 fully saturated rings. The van der Waals surface area contributed by atoms with E-state index < -0.39 is 0 Å². The monoisotopic (exact) mass is 370 g/mol. The Labute approximate surface area is 155 Å². The molecule has 0 atom stereocenters. The molecule has 0 aliphatic rings. The highest BCUT2D eigenvalue weighted by Crippen LogP contribution is 2.12. The first-order valence-corrected chi connectivity index (χ1v) is 8.31. The first-order valence-electron chi connectivity index (χ1n) is 7.93. The number of benzene rings is 2. The van der Waals surface area contributed by atoms with E-state index in [1.54, 1.807) is 18.2 Å². The Morgan fingerprint density at radius 2 is 1.62 bits per heavy atom. The largest absolute Gasteiger partial charge is 0.366 e. The second kappa shape index (κ2) is 8.40. The molecule has 1 aromatic heterocycles. The standard InChI is InChI=1S/C19H16ClFN4O/c20-15-5-1-13(2-6-15)10-22-18-9-17(24-12-25-18)19(26)23-11-14-3-7-16(21)8-4-14/h1-9,12H,10-11H2,(H,23,26)(H,22,24,25). The van der Waals surface area contributed by atoms with Gasteiger partial charge in [-0.2, -0.15) is 0 Å². The summed E-state index contributed by atoms with van der Waals surface area (Å²) in [5, 5.41) is 6.56. The Bertz CT molecular complexity index is 885. The van der Waals surface area contributed by atoms with Crippen LogP contribution in [0.2, 0.25) is 5.02 Å². The van der Waals surface area contributed by atoms with E-state index in [2.05, 4.69) is 20.6 Å². The van der Waals surface area contributed by atoms with Gasteiger partial charge in [0, 0.05) is 24.2 Å². The van der Waals surface area contributed by atoms with Crippen LogP contribution in [0.4, 0.5) is 10.2 Å². The highest BCUT2D eigenvalue weighted by atomic mass is 35.5. The van der Waals surface area contributed by atoms with E-state index in [9.17, 15) is 9.18 Å². The van der Waals surface area contributed by atoms with Crippen molar-refractivity contribution >= 4 is 23.3 Å². The van der Waals surface area contributed by atoms with Crippen molar-refractivity contribution in [1.29, 1.82) is 0 Å². The summed E-state index contributed by atoms with van der Waals surface area (Å²) in [7, 11) is 0. The molecule has 0 spiro atoms. The van der Waals surface area contributed by atoms with Gasteiger partial charge in [-0.3, -0.25) is 4.79 Å². The summed E-state index contributed by atoms with van der Waals surface area (Å²) in [6.07, 6.45) is 1.33. The third-order valence-electron chi connectivity index (χ3n) is 3.65. The van der Waals surface area contributed by atoms with Crippen LogP contribution in [-0.2, 0) is 13.1 Å². The van der Waals surface area contributed by atoms with Crippen LogP contribution in [0.15, 0.2) is 60.9 Å². The molecule has 0 aliphatic carbocycles. The van der Waals surface area contributed by atoms with E-state index in [1.165, 1.54) is 18.5 Å². The third kappa shape index (κ3) is 5.00. The molecule has 0 aliphatic heterocycles. The van der Waals surface area contributed by atoms with Crippen molar-refractivity contribution in [2.75, 3.05) is 5.32 Å². The quantitative estimate of drug-likeness (QED) is 0.692. The average Bonchev–Trinajstić information content (AvgIpc) is 2.67. The molecular formula is C19H16ClFN4O. The number of halogens is 2. The van der Waals surface area contributed by atoms with Crippen molar-refractivity contribution < 1.29 is 9.18 Å². The summed E-state index contributed by atoms with van der Waals surface area (Å²) in [6.45, 7) is 0.835. The predicted octanol–water partition coefficient (Wildman–Crippen LogP) is 3.81. The normalized spacial score (nSPS) is 10.4. The first-order chi connectivity index (χ1) is 12.6. The highest BCUT2D eigenvalue weighted by molar-refractivity contribution is 6.30. The van der Waals surface area contributed by atoms with Gasteiger partial charge in [0.1, 0.15) is 23.7 Å². The van der Waals surface area contributed by atoms with Crippen LogP contribution in [0, 0.1) is 5.82 Å². The van der Waals surface area contributed by atoms with Crippen molar-refractivity contribution in [3.8, 4) is 0 Å². The molecule has 132 valence electrons. The number of aromatic nitrogens is 2. The van der Waals surface area contributed by atoms with Crippen LogP contribution < -0.4 is 10.6 Å². The summed E-state index contributed by atoms with van der Waals surface area (Å²) in [6, 6.07) is 15.0. The number of nitrogens with zero attached hydrogens (tertiary/aromatic N) is 2. The van der Waals surface area contributed by atoms with E-state index in [0.29, 0.717) is 17.4 Å². The van der Waals surface area contributed by atoms with Gasteiger partial charge in [-0.25, -0.2) is 14.4 Å². The topological polar surface area (TPSA) is 66.9 Å². The van der Waals surface area contributed by atoms with Gasteiger partial charge in [-0.1, -0.05) is 35.9 Å². The summed E-state index contributed by atoms with van der Waals surface area (Å²) in [5.74, 6) is -0.0968. The zero-order valence-corrected chi connectivity index (χ0v) is 14.5. The fraction of sp³-hybridized carbons (Fsp3) is 0.105. The van der Waals surface area contributed by atoms with Crippen LogP contribution in [0.1, 0.15) is 21.6 Å². The number of carbonyl (C=O) groups is 1. The highest BCUT2D eigenvalue weighted by Gasteiger charge is 2.08. The van der Waals surface area contributed by atoms with Gasteiger partial charge < -0.3 is 10.6 Å². The molecule has 1 amide bonds. The van der Waals surface area contributed by atoms with Crippen molar-refractivity contribution in [3.05, 3.63) is 88.6 Å². The lowest BCUT2D eigenvalue weighted by atomic mass is 10.2. The molecule has 2 aromatic carbocycles. The number of nitrogens with one attached hydrogen (secondary N) is 2. The molecule has 3 aromatic rings. The first kappa shape index (κ1) is 17.8. The Hall–Kier alpha value is -2.99. The minimum atomic E-state index is -0.328. The van der Waals surface area contributed by atoms with Crippen LogP contribution >= 0.6 is 11.6 Å². The van der Waals surface area contributed by atoms with Crippen molar-refractivity contribution in [2.24, 2.45) is 0 Å². The molecule has 7 heteroatoms. The third-order valence-corrected chi connectivity index (χ3v) is 3.90. The average molecular weight is 371 g/mol. The van der Waals surface area contributed by atoms with Crippen molar-refractivity contribution in [3.63, 3.8) is 0 Å². The minimum Gasteiger partial charge on any atom is -0.366 e. The molecule has 5 nitrogen and oxygen atoms in total. The summed E-state index contributed by atoms with van der Waals surface area (Å²) in [4.78, 5) is 20.3. The SMILES string of the molecule is O=C(NCc1ccc(F)cc1)c1cc(NCc2ccc(Cl)cc2)ncn1. The molecule has 0 radical (unpaired) electrons. The second-order valence-electron chi connectivity index (χ2n) is 5.58. The smallest absolute Gasteiger partial charge is 0.270 e. The van der Waals surface area contributed by atoms with Gasteiger partial charge in [0.15, 0.2) is 0 Å². The fourth-order valence-corrected chi connectivity index (χ4v) is 2.37. The molecule has 26 heavy (non-hydrogen) atoms. The van der Waals surface area contributed by atoms with Crippen molar-refractivity contribution in [2.45, 2.75) is 13.1 Å². The van der Waals surface area contributed by atoms with Gasteiger partial charge in [-0.05, 0) is 35.4 Å². The zero-order valence-electron chi connectivity index (χ0n) is 13.7. The summed E-state index contributed by atoms with van der Waals surface area (Å²) < 4.78 is 12.9. The number of hydrogen-bond donors (Lipinski definition) is 2. The van der Waals surface area contributed by atoms with Gasteiger partial charge >= 0.3 is 0 Å². The van der Waals surface area contributed by atoms with Crippen LogP contribution in [0.3, 0.4) is 0 Å². The lowest BCUT2D eigenvalue weighted by molar-refractivity contribution is 0.0946. The maximum absolute atomic E-state index is 12.9. The molecule has 0 bridgehead atoms. The van der Waals surface area contributed by atoms with Crippen LogP contribution in [-0.4, -0.2) is 15.9 Å². The number of anilines is 1. The molecule has 0 unspecified atom stereocenters. The van der Waals surface area contributed by atoms with E-state index in [0.717, 1.165) is 11.1 Å². The van der Waals surface area contributed by atoms with Gasteiger partial charge in [0.05, 0.1) is 0 Å². The maximum atomic E-state index is 12.9. The lowest BCUT2D eigenvalue weighted by Crippen LogP contribution is -2.24. The molecule has 3 rings (SSSR count). The Kier molecular flexibility index (Phi) is 5.76. The Balaban J connectivity index is 1.58. The predicted molar refractivity (Wildman–Crippen MR) is 98.4 cm³/mol. The maximum Gasteiger partial charge on any atom is 0.270 e. The Morgan fingerprint density at radius 3 is 2.35 bits per heavy atom. The summed E-state index contributed by atoms with van der Waals surface area (Å²) in [5.41, 5.74) is 2.09. The van der Waals surface area contributed by atoms with Gasteiger partial charge in [0.25, 0.3) is 5.91 Å². The van der Waals surface area contributed by atoms with Gasteiger partial charge in [-0.15, -0.1) is 0 Å². The molecule has 2 N–H and O–H groups in total. The second-order valence-corrected chi connectivity index (χ2v) is 6.01. The Morgan fingerprint density at radius 1 is 0.962 bits per heavy atom. The lowest BCUT2D eigenvalue weighted by Gasteiger charge is -2.08. The summed E-state index contributed by atoms with van der Waals surface area (Å²) >= 11 is 5.86. The number of hydrogen-bond acceptors (Lipinski definition) is 4. The molecule has 1 heterocycles. The number of rotatable bonds is 6. The molecular weight excluding hydrogens is 355 g/mol. The van der Waals surface area contributed by atoms with E-state index in [4.69, 9.17) is 11.6 Å². The van der Waals surface area contributed by atoms with Crippen LogP contribution in [0.25, 0.3) is 0 Å². The van der Waals surface area contributed by atoms with E-state index >= 15 is 0 Å². The van der Waals surface area contributed by atoms with E-state index in [-0.39, 0.29) is 24.0 Å². The van der Waals surface area contributed by atoms with E-state index in [1.807, 2.05) is 24.3 Å². The van der Waals surface area contributed by atoms with Gasteiger partial charge in [0.2, 0.25) is 0 Å². The minimum absolute atomic E-state index is 0.251. The van der Waals surface area contributed by atoms with Crippen LogP contribution in [0.5, 0.6) is 0 Å². The van der Waals surface area contributed by atoms with Crippen molar-refractivity contribution in [1.82, 2.24) is 15.3 Å². The number of amides is 1. The zero-order chi connectivity index (χ0) is 18.4.